The van der Waals surface area contributed by atoms with Crippen molar-refractivity contribution >= 4 is 11.9 Å². The third-order valence-corrected chi connectivity index (χ3v) is 3.25. The number of unbranched alkanes of at least 4 members (excludes halogenated alkanes) is 7. The zero-order chi connectivity index (χ0) is 15.8. The number of hydrogen-bond acceptors (Lipinski definition) is 3. The zero-order valence-corrected chi connectivity index (χ0v) is 13.3. The van der Waals surface area contributed by atoms with Crippen molar-refractivity contribution < 1.29 is 19.4 Å². The molecule has 0 spiro atoms. The minimum atomic E-state index is -0.754. The number of carbonyl (C=O) groups is 2. The number of hydrogen-bond donors (Lipinski definition) is 1. The van der Waals surface area contributed by atoms with Gasteiger partial charge in [0, 0.05) is 12.8 Å². The first-order valence-electron chi connectivity index (χ1n) is 8.19. The van der Waals surface area contributed by atoms with Crippen LogP contribution in [0.15, 0.2) is 12.2 Å². The molecular formula is C17H30O4. The van der Waals surface area contributed by atoms with Crippen molar-refractivity contribution in [2.75, 3.05) is 6.61 Å². The van der Waals surface area contributed by atoms with E-state index in [9.17, 15) is 9.59 Å². The molecule has 0 bridgehead atoms. The van der Waals surface area contributed by atoms with Crippen LogP contribution < -0.4 is 0 Å². The van der Waals surface area contributed by atoms with Crippen molar-refractivity contribution in [3.05, 3.63) is 12.2 Å². The van der Waals surface area contributed by atoms with E-state index >= 15 is 0 Å². The van der Waals surface area contributed by atoms with Gasteiger partial charge in [0.05, 0.1) is 0 Å². The summed E-state index contributed by atoms with van der Waals surface area (Å²) in [4.78, 5) is 21.7. The van der Waals surface area contributed by atoms with E-state index in [1.54, 1.807) is 0 Å². The number of esters is 1. The molecule has 21 heavy (non-hydrogen) atoms. The maximum atomic E-state index is 11.4. The lowest BCUT2D eigenvalue weighted by Gasteiger charge is -2.02. The normalized spacial score (nSPS) is 10.9. The van der Waals surface area contributed by atoms with Crippen molar-refractivity contribution in [1.29, 1.82) is 0 Å². The van der Waals surface area contributed by atoms with E-state index in [1.165, 1.54) is 25.7 Å². The van der Waals surface area contributed by atoms with Gasteiger partial charge in [-0.1, -0.05) is 51.2 Å². The van der Waals surface area contributed by atoms with Crippen molar-refractivity contribution in [2.24, 2.45) is 0 Å². The van der Waals surface area contributed by atoms with E-state index in [4.69, 9.17) is 9.84 Å². The van der Waals surface area contributed by atoms with E-state index in [-0.39, 0.29) is 12.4 Å². The number of aliphatic carboxylic acids is 1. The van der Waals surface area contributed by atoms with Crippen LogP contribution in [-0.2, 0) is 14.3 Å². The molecule has 0 amide bonds. The second kappa shape index (κ2) is 15.1. The minimum Gasteiger partial charge on any atom is -0.481 e. The van der Waals surface area contributed by atoms with Gasteiger partial charge in [0.25, 0.3) is 0 Å². The highest BCUT2D eigenvalue weighted by Gasteiger charge is 2.02. The topological polar surface area (TPSA) is 63.6 Å². The Morgan fingerprint density at radius 3 is 2.24 bits per heavy atom. The molecule has 0 aromatic rings. The molecule has 0 aromatic heterocycles. The Balaban J connectivity index is 3.30. The number of rotatable bonds is 14. The lowest BCUT2D eigenvalue weighted by atomic mass is 10.1. The first kappa shape index (κ1) is 19.7. The average molecular weight is 298 g/mol. The summed E-state index contributed by atoms with van der Waals surface area (Å²) in [6.45, 7) is 2.56. The van der Waals surface area contributed by atoms with Gasteiger partial charge < -0.3 is 9.84 Å². The first-order chi connectivity index (χ1) is 10.2. The fourth-order valence-corrected chi connectivity index (χ4v) is 1.99. The summed E-state index contributed by atoms with van der Waals surface area (Å²) in [6.07, 6.45) is 13.9. The maximum absolute atomic E-state index is 11.4. The molecule has 4 heteroatoms. The molecule has 122 valence electrons. The lowest BCUT2D eigenvalue weighted by molar-refractivity contribution is -0.142. The molecule has 0 aliphatic heterocycles. The smallest absolute Gasteiger partial charge is 0.306 e. The Bertz CT molecular complexity index is 297. The molecule has 0 heterocycles. The molecule has 0 fully saturated rings. The van der Waals surface area contributed by atoms with Crippen LogP contribution >= 0.6 is 0 Å². The van der Waals surface area contributed by atoms with Crippen LogP contribution in [0.5, 0.6) is 0 Å². The van der Waals surface area contributed by atoms with Gasteiger partial charge in [-0.15, -0.1) is 0 Å². The number of carbonyl (C=O) groups excluding carboxylic acids is 1. The van der Waals surface area contributed by atoms with Gasteiger partial charge in [0.15, 0.2) is 0 Å². The standard InChI is InChI=1S/C17H30O4/c1-2-3-4-5-6-9-12-15-21-17(20)14-11-8-7-10-13-16(18)19/h9,12H,2-8,10-11,13-15H2,1H3,(H,18,19)/b12-9-. The summed E-state index contributed by atoms with van der Waals surface area (Å²) in [5.41, 5.74) is 0. The van der Waals surface area contributed by atoms with E-state index in [0.717, 1.165) is 25.7 Å². The third kappa shape index (κ3) is 16.6. The average Bonchev–Trinajstić information content (AvgIpc) is 2.45. The number of carboxylic acid groups (broad SMARTS) is 1. The number of allylic oxidation sites excluding steroid dienone is 1. The van der Waals surface area contributed by atoms with E-state index in [2.05, 4.69) is 13.0 Å². The summed E-state index contributed by atoms with van der Waals surface area (Å²) in [5.74, 6) is -0.917. The molecule has 0 saturated heterocycles. The third-order valence-electron chi connectivity index (χ3n) is 3.25. The van der Waals surface area contributed by atoms with Gasteiger partial charge in [0.1, 0.15) is 6.61 Å². The second-order valence-corrected chi connectivity index (χ2v) is 5.31. The molecule has 0 atom stereocenters. The van der Waals surface area contributed by atoms with Gasteiger partial charge in [-0.2, -0.15) is 0 Å². The molecular weight excluding hydrogens is 268 g/mol. The van der Waals surface area contributed by atoms with Crippen LogP contribution in [0.1, 0.15) is 77.6 Å². The van der Waals surface area contributed by atoms with Crippen molar-refractivity contribution in [2.45, 2.75) is 77.6 Å². The van der Waals surface area contributed by atoms with Gasteiger partial charge in [-0.25, -0.2) is 0 Å². The van der Waals surface area contributed by atoms with Gasteiger partial charge >= 0.3 is 11.9 Å². The fraction of sp³-hybridized carbons (Fsp3) is 0.765. The lowest BCUT2D eigenvalue weighted by Crippen LogP contribution is -2.04. The zero-order valence-electron chi connectivity index (χ0n) is 13.3. The summed E-state index contributed by atoms with van der Waals surface area (Å²) >= 11 is 0. The minimum absolute atomic E-state index is 0.163. The second-order valence-electron chi connectivity index (χ2n) is 5.31. The summed E-state index contributed by atoms with van der Waals surface area (Å²) in [6, 6.07) is 0. The number of ether oxygens (including phenoxy) is 1. The summed E-state index contributed by atoms with van der Waals surface area (Å²) in [5, 5.41) is 8.48. The molecule has 0 aliphatic carbocycles. The molecule has 0 saturated carbocycles. The van der Waals surface area contributed by atoms with Crippen LogP contribution in [0.3, 0.4) is 0 Å². The summed E-state index contributed by atoms with van der Waals surface area (Å²) in [7, 11) is 0. The number of carboxylic acids is 1. The van der Waals surface area contributed by atoms with Crippen LogP contribution in [0.2, 0.25) is 0 Å². The van der Waals surface area contributed by atoms with Crippen molar-refractivity contribution in [3.8, 4) is 0 Å². The Labute approximate surface area is 128 Å². The van der Waals surface area contributed by atoms with Crippen LogP contribution in [0.4, 0.5) is 0 Å². The van der Waals surface area contributed by atoms with Crippen molar-refractivity contribution in [1.82, 2.24) is 0 Å². The Hall–Kier alpha value is -1.32. The van der Waals surface area contributed by atoms with Gasteiger partial charge in [0.2, 0.25) is 0 Å². The molecule has 0 rings (SSSR count). The summed E-state index contributed by atoms with van der Waals surface area (Å²) < 4.78 is 5.09. The van der Waals surface area contributed by atoms with E-state index in [0.29, 0.717) is 19.4 Å². The Morgan fingerprint density at radius 1 is 0.905 bits per heavy atom. The quantitative estimate of drug-likeness (QED) is 0.292. The molecule has 0 aromatic carbocycles. The van der Waals surface area contributed by atoms with E-state index in [1.807, 2.05) is 6.08 Å². The van der Waals surface area contributed by atoms with Crippen LogP contribution in [0, 0.1) is 0 Å². The van der Waals surface area contributed by atoms with Gasteiger partial charge in [-0.3, -0.25) is 9.59 Å². The molecule has 1 N–H and O–H groups in total. The van der Waals surface area contributed by atoms with Crippen molar-refractivity contribution in [3.63, 3.8) is 0 Å². The Morgan fingerprint density at radius 2 is 1.57 bits per heavy atom. The molecule has 0 aliphatic rings. The molecule has 0 unspecified atom stereocenters. The highest BCUT2D eigenvalue weighted by molar-refractivity contribution is 5.69. The highest BCUT2D eigenvalue weighted by atomic mass is 16.5. The SMILES string of the molecule is CCCCCC/C=C\COC(=O)CCCCCCC(=O)O. The molecule has 0 radical (unpaired) electrons. The van der Waals surface area contributed by atoms with Crippen LogP contribution in [-0.4, -0.2) is 23.7 Å². The maximum Gasteiger partial charge on any atom is 0.306 e. The Kier molecular flexibility index (Phi) is 14.1. The van der Waals surface area contributed by atoms with E-state index < -0.39 is 5.97 Å². The van der Waals surface area contributed by atoms with Gasteiger partial charge in [-0.05, 0) is 25.7 Å². The largest absolute Gasteiger partial charge is 0.481 e. The fourth-order valence-electron chi connectivity index (χ4n) is 1.99. The highest BCUT2D eigenvalue weighted by Crippen LogP contribution is 2.06. The predicted molar refractivity (Wildman–Crippen MR) is 84.2 cm³/mol. The first-order valence-corrected chi connectivity index (χ1v) is 8.19. The molecule has 4 nitrogen and oxygen atoms in total. The monoisotopic (exact) mass is 298 g/mol. The predicted octanol–water partition coefficient (Wildman–Crippen LogP) is 4.48. The van der Waals surface area contributed by atoms with Crippen LogP contribution in [0.25, 0.3) is 0 Å².